The number of halogens is 1. The molecule has 0 aromatic heterocycles. The van der Waals surface area contributed by atoms with Gasteiger partial charge >= 0.3 is 0 Å². The van der Waals surface area contributed by atoms with Crippen LogP contribution in [-0.2, 0) is 4.79 Å². The summed E-state index contributed by atoms with van der Waals surface area (Å²) in [5.41, 5.74) is -2.64. The summed E-state index contributed by atoms with van der Waals surface area (Å²) in [5.74, 6) is -0.309. The molecule has 2 aliphatic rings. The van der Waals surface area contributed by atoms with Gasteiger partial charge in [0.05, 0.1) is 21.4 Å². The third kappa shape index (κ3) is 1.26. The molecule has 0 aliphatic carbocycles. The Morgan fingerprint density at radius 3 is 2.26 bits per heavy atom. The van der Waals surface area contributed by atoms with Crippen molar-refractivity contribution in [3.63, 3.8) is 0 Å². The molecule has 0 unspecified atom stereocenters. The molecule has 5 nitrogen and oxygen atoms in total. The Bertz CT molecular complexity index is 580. The minimum atomic E-state index is -1.42. The molecular weight excluding hydrogens is 355 g/mol. The molecule has 100 valence electrons. The number of nitrogens with zero attached hydrogens (tertiary/aromatic N) is 2. The van der Waals surface area contributed by atoms with E-state index in [4.69, 9.17) is 0 Å². The van der Waals surface area contributed by atoms with E-state index in [0.717, 1.165) is 0 Å². The van der Waals surface area contributed by atoms with Crippen LogP contribution in [0.5, 0.6) is 0 Å². The second-order valence-electron chi connectivity index (χ2n) is 5.83. The zero-order valence-electron chi connectivity index (χ0n) is 11.3. The number of hydrogen-bond donors (Lipinski definition) is 2. The molecule has 0 aromatic carbocycles. The van der Waals surface area contributed by atoms with E-state index in [1.54, 1.807) is 0 Å². The van der Waals surface area contributed by atoms with Crippen LogP contribution >= 0.6 is 22.6 Å². The number of hydrogen-bond acceptors (Lipinski definition) is 4. The average molecular weight is 370 g/mol. The predicted octanol–water partition coefficient (Wildman–Crippen LogP) is 1.78. The highest BCUT2D eigenvalue weighted by Crippen LogP contribution is 2.60. The Morgan fingerprint density at radius 2 is 1.84 bits per heavy atom. The minimum absolute atomic E-state index is 0.0756. The highest BCUT2D eigenvalue weighted by molar-refractivity contribution is 14.1. The molecule has 2 N–H and O–H groups in total. The van der Waals surface area contributed by atoms with Crippen molar-refractivity contribution < 1.29 is 4.79 Å². The maximum absolute atomic E-state index is 12.5. The first kappa shape index (κ1) is 14.1. The van der Waals surface area contributed by atoms with Gasteiger partial charge in [0.2, 0.25) is 5.91 Å². The Kier molecular flexibility index (Phi) is 2.87. The summed E-state index contributed by atoms with van der Waals surface area (Å²) in [5, 5.41) is 25.2. The average Bonchev–Trinajstić information content (AvgIpc) is 2.43. The highest BCUT2D eigenvalue weighted by atomic mass is 127. The van der Waals surface area contributed by atoms with Crippen molar-refractivity contribution >= 4 is 28.5 Å². The molecule has 19 heavy (non-hydrogen) atoms. The molecule has 6 heteroatoms. The SMILES string of the molecule is CC(C)[C@]12NC(=O)[C@@](C#N)(C(C#N)=C(I)N1)C2(C)C. The molecule has 2 heterocycles. The van der Waals surface area contributed by atoms with Crippen molar-refractivity contribution in [3.8, 4) is 12.1 Å². The first-order valence-corrected chi connectivity index (χ1v) is 7.11. The molecule has 1 amide bonds. The number of carbonyl (C=O) groups excluding carboxylic acids is 1. The van der Waals surface area contributed by atoms with Crippen LogP contribution in [-0.4, -0.2) is 11.6 Å². The van der Waals surface area contributed by atoms with Gasteiger partial charge in [0, 0.05) is 5.41 Å². The fourth-order valence-electron chi connectivity index (χ4n) is 3.41. The van der Waals surface area contributed by atoms with Crippen molar-refractivity contribution in [1.82, 2.24) is 10.6 Å². The predicted molar refractivity (Wildman–Crippen MR) is 77.3 cm³/mol. The number of carbonyl (C=O) groups is 1. The van der Waals surface area contributed by atoms with E-state index in [1.165, 1.54) is 0 Å². The molecule has 1 saturated heterocycles. The highest BCUT2D eigenvalue weighted by Gasteiger charge is 2.74. The normalized spacial score (nSPS) is 35.5. The standard InChI is InChI=1S/C13H15IN4O/c1-7(2)13-11(3,4)12(6-16,10(19)18-13)8(5-15)9(14)17-13/h7,17H,1-4H3,(H,18,19)/t12-,13-/m1/s1. The Hall–Kier alpha value is -1.28. The van der Waals surface area contributed by atoms with Crippen molar-refractivity contribution in [2.24, 2.45) is 16.7 Å². The van der Waals surface area contributed by atoms with E-state index >= 15 is 0 Å². The molecule has 2 aliphatic heterocycles. The largest absolute Gasteiger partial charge is 0.356 e. The molecule has 0 aromatic rings. The summed E-state index contributed by atoms with van der Waals surface area (Å²) in [7, 11) is 0. The summed E-state index contributed by atoms with van der Waals surface area (Å²) in [6.45, 7) is 7.70. The Labute approximate surface area is 126 Å². The Morgan fingerprint density at radius 1 is 1.26 bits per heavy atom. The van der Waals surface area contributed by atoms with Crippen LogP contribution in [0.3, 0.4) is 0 Å². The fourth-order valence-corrected chi connectivity index (χ4v) is 4.36. The van der Waals surface area contributed by atoms with Crippen LogP contribution in [0.25, 0.3) is 0 Å². The van der Waals surface area contributed by atoms with Gasteiger partial charge in [-0.2, -0.15) is 10.5 Å². The van der Waals surface area contributed by atoms with Gasteiger partial charge in [-0.15, -0.1) is 0 Å². The first-order chi connectivity index (χ1) is 8.71. The van der Waals surface area contributed by atoms with Crippen molar-refractivity contribution in [1.29, 1.82) is 10.5 Å². The number of nitriles is 2. The number of fused-ring (bicyclic) bond motifs is 2. The van der Waals surface area contributed by atoms with Crippen molar-refractivity contribution in [2.45, 2.75) is 33.4 Å². The van der Waals surface area contributed by atoms with Gasteiger partial charge in [-0.1, -0.05) is 27.7 Å². The van der Waals surface area contributed by atoms with Gasteiger partial charge in [0.1, 0.15) is 5.66 Å². The van der Waals surface area contributed by atoms with E-state index in [9.17, 15) is 15.3 Å². The van der Waals surface area contributed by atoms with Crippen LogP contribution in [0.1, 0.15) is 27.7 Å². The molecule has 0 saturated carbocycles. The van der Waals surface area contributed by atoms with Gasteiger partial charge < -0.3 is 10.6 Å². The Balaban J connectivity index is 2.88. The molecule has 0 spiro atoms. The number of amides is 1. The van der Waals surface area contributed by atoms with Crippen LogP contribution in [0.2, 0.25) is 0 Å². The van der Waals surface area contributed by atoms with Gasteiger partial charge in [0.15, 0.2) is 5.41 Å². The number of nitrogens with one attached hydrogen (secondary N) is 2. The molecule has 1 fully saturated rings. The molecular formula is C13H15IN4O. The van der Waals surface area contributed by atoms with E-state index in [2.05, 4.69) is 16.7 Å². The molecule has 2 bridgehead atoms. The van der Waals surface area contributed by atoms with E-state index in [0.29, 0.717) is 3.70 Å². The second kappa shape index (κ2) is 3.86. The van der Waals surface area contributed by atoms with Crippen LogP contribution < -0.4 is 10.6 Å². The minimum Gasteiger partial charge on any atom is -0.356 e. The van der Waals surface area contributed by atoms with Crippen LogP contribution in [0.15, 0.2) is 9.28 Å². The monoisotopic (exact) mass is 370 g/mol. The van der Waals surface area contributed by atoms with E-state index in [-0.39, 0.29) is 17.4 Å². The number of rotatable bonds is 1. The summed E-state index contributed by atoms with van der Waals surface area (Å²) in [6, 6.07) is 4.16. The van der Waals surface area contributed by atoms with Gasteiger partial charge in [-0.3, -0.25) is 4.79 Å². The summed E-state index contributed by atoms with van der Waals surface area (Å²) in [4.78, 5) is 12.5. The first-order valence-electron chi connectivity index (χ1n) is 6.03. The zero-order chi connectivity index (χ0) is 14.6. The maximum Gasteiger partial charge on any atom is 0.248 e. The van der Waals surface area contributed by atoms with E-state index < -0.39 is 16.5 Å². The second-order valence-corrected chi connectivity index (χ2v) is 6.91. The lowest BCUT2D eigenvalue weighted by atomic mass is 9.56. The zero-order valence-corrected chi connectivity index (χ0v) is 13.4. The molecule has 2 rings (SSSR count). The topological polar surface area (TPSA) is 88.7 Å². The van der Waals surface area contributed by atoms with Crippen LogP contribution in [0, 0.1) is 39.4 Å². The van der Waals surface area contributed by atoms with Gasteiger partial charge in [-0.25, -0.2) is 0 Å². The molecule has 2 atom stereocenters. The summed E-state index contributed by atoms with van der Waals surface area (Å²) in [6.07, 6.45) is 0. The lowest BCUT2D eigenvalue weighted by Gasteiger charge is -2.51. The van der Waals surface area contributed by atoms with Crippen LogP contribution in [0.4, 0.5) is 0 Å². The molecule has 0 radical (unpaired) electrons. The summed E-state index contributed by atoms with van der Waals surface area (Å²) >= 11 is 2.00. The lowest BCUT2D eigenvalue weighted by molar-refractivity contribution is -0.125. The lowest BCUT2D eigenvalue weighted by Crippen LogP contribution is -2.67. The third-order valence-corrected chi connectivity index (χ3v) is 5.43. The maximum atomic E-state index is 12.5. The van der Waals surface area contributed by atoms with Gasteiger partial charge in [-0.05, 0) is 28.5 Å². The quantitative estimate of drug-likeness (QED) is 0.544. The summed E-state index contributed by atoms with van der Waals surface area (Å²) < 4.78 is 0.577. The van der Waals surface area contributed by atoms with Gasteiger partial charge in [0.25, 0.3) is 0 Å². The van der Waals surface area contributed by atoms with E-state index in [1.807, 2.05) is 56.4 Å². The fraction of sp³-hybridized carbons (Fsp3) is 0.615. The smallest absolute Gasteiger partial charge is 0.248 e. The van der Waals surface area contributed by atoms with Crippen molar-refractivity contribution in [2.75, 3.05) is 0 Å². The van der Waals surface area contributed by atoms with Crippen molar-refractivity contribution in [3.05, 3.63) is 9.28 Å². The third-order valence-electron chi connectivity index (χ3n) is 4.62.